The van der Waals surface area contributed by atoms with Crippen LogP contribution in [0.25, 0.3) is 0 Å². The predicted molar refractivity (Wildman–Crippen MR) is 91.9 cm³/mol. The average Bonchev–Trinajstić information content (AvgIpc) is 2.40. The van der Waals surface area contributed by atoms with Gasteiger partial charge >= 0.3 is 0 Å². The molecule has 0 aromatic heterocycles. The summed E-state index contributed by atoms with van der Waals surface area (Å²) in [6.45, 7) is 0.476. The first kappa shape index (κ1) is 16.8. The molecule has 3 nitrogen and oxygen atoms in total. The second-order valence-electron chi connectivity index (χ2n) is 3.94. The van der Waals surface area contributed by atoms with Gasteiger partial charge in [-0.2, -0.15) is 0 Å². The maximum atomic E-state index is 12.8. The molecule has 2 rings (SSSR count). The van der Waals surface area contributed by atoms with Crippen LogP contribution in [0.1, 0.15) is 5.56 Å². The summed E-state index contributed by atoms with van der Waals surface area (Å²) in [4.78, 5) is 6.02. The maximum Gasteiger partial charge on any atom is 0.186 e. The maximum absolute atomic E-state index is 12.8. The van der Waals surface area contributed by atoms with Crippen molar-refractivity contribution in [3.05, 3.63) is 59.9 Å². The van der Waals surface area contributed by atoms with Crippen LogP contribution in [0.4, 0.5) is 4.39 Å². The molecule has 0 saturated carbocycles. The lowest BCUT2D eigenvalue weighted by atomic mass is 10.2. The number of rotatable bonds is 4. The molecule has 0 bridgehead atoms. The van der Waals surface area contributed by atoms with E-state index in [-0.39, 0.29) is 35.8 Å². The first-order valence-electron chi connectivity index (χ1n) is 5.71. The van der Waals surface area contributed by atoms with E-state index in [0.717, 1.165) is 15.4 Å². The Morgan fingerprint density at radius 3 is 1.95 bits per heavy atom. The van der Waals surface area contributed by atoms with Gasteiger partial charge in [-0.25, -0.2) is 9.38 Å². The minimum absolute atomic E-state index is 0. The summed E-state index contributed by atoms with van der Waals surface area (Å²) in [5, 5.41) is 0. The lowest BCUT2D eigenvalue weighted by Crippen LogP contribution is -2.22. The summed E-state index contributed by atoms with van der Waals surface area (Å²) in [5.41, 5.74) is 11.6. The van der Waals surface area contributed by atoms with E-state index in [1.165, 1.54) is 12.1 Å². The number of benzene rings is 2. The molecule has 0 aliphatic carbocycles. The summed E-state index contributed by atoms with van der Waals surface area (Å²) in [7, 11) is 0. The lowest BCUT2D eigenvalue weighted by Gasteiger charge is -2.03. The van der Waals surface area contributed by atoms with Gasteiger partial charge in [0.05, 0.1) is 6.54 Å². The summed E-state index contributed by atoms with van der Waals surface area (Å²) in [6, 6.07) is 14.3. The minimum atomic E-state index is -0.225. The predicted octanol–water partition coefficient (Wildman–Crippen LogP) is 3.37. The van der Waals surface area contributed by atoms with Crippen LogP contribution in [0.3, 0.4) is 0 Å². The van der Waals surface area contributed by atoms with E-state index in [1.807, 2.05) is 24.3 Å². The van der Waals surface area contributed by atoms with Crippen molar-refractivity contribution in [1.82, 2.24) is 0 Å². The molecule has 0 spiro atoms. The SMILES string of the molecule is I.NC(N)=NCc1ccc(Sc2ccc(F)cc2)cc1. The Morgan fingerprint density at radius 1 is 0.950 bits per heavy atom. The summed E-state index contributed by atoms with van der Waals surface area (Å²) in [5.74, 6) is -0.137. The van der Waals surface area contributed by atoms with Crippen LogP contribution in [0, 0.1) is 5.82 Å². The van der Waals surface area contributed by atoms with Crippen molar-refractivity contribution in [2.45, 2.75) is 16.3 Å². The minimum Gasteiger partial charge on any atom is -0.370 e. The topological polar surface area (TPSA) is 64.4 Å². The largest absolute Gasteiger partial charge is 0.370 e. The third-order valence-corrected chi connectivity index (χ3v) is 3.43. The zero-order chi connectivity index (χ0) is 13.7. The highest BCUT2D eigenvalue weighted by Gasteiger charge is 1.98. The quantitative estimate of drug-likeness (QED) is 0.468. The molecule has 0 fully saturated rings. The molecule has 2 aromatic rings. The Balaban J connectivity index is 0.00000200. The molecule has 0 heterocycles. The average molecular weight is 403 g/mol. The summed E-state index contributed by atoms with van der Waals surface area (Å²) >= 11 is 1.58. The Hall–Kier alpha value is -1.28. The molecule has 20 heavy (non-hydrogen) atoms. The fraction of sp³-hybridized carbons (Fsp3) is 0.0714. The second kappa shape index (κ2) is 8.11. The van der Waals surface area contributed by atoms with Crippen LogP contribution >= 0.6 is 35.7 Å². The van der Waals surface area contributed by atoms with E-state index in [0.29, 0.717) is 6.54 Å². The third kappa shape index (κ3) is 5.38. The van der Waals surface area contributed by atoms with Crippen LogP contribution in [0.5, 0.6) is 0 Å². The Kier molecular flexibility index (Phi) is 6.80. The van der Waals surface area contributed by atoms with Crippen molar-refractivity contribution in [2.24, 2.45) is 16.5 Å². The smallest absolute Gasteiger partial charge is 0.186 e. The van der Waals surface area contributed by atoms with Gasteiger partial charge in [0.1, 0.15) is 5.82 Å². The molecule has 0 atom stereocenters. The number of hydrogen-bond donors (Lipinski definition) is 2. The molecular formula is C14H15FIN3S. The van der Waals surface area contributed by atoms with Crippen molar-refractivity contribution in [1.29, 1.82) is 0 Å². The number of halogens is 2. The molecule has 6 heteroatoms. The zero-order valence-electron chi connectivity index (χ0n) is 10.6. The molecule has 0 radical (unpaired) electrons. The van der Waals surface area contributed by atoms with Crippen LogP contribution in [0.15, 0.2) is 63.3 Å². The fourth-order valence-electron chi connectivity index (χ4n) is 1.48. The fourth-order valence-corrected chi connectivity index (χ4v) is 2.30. The number of aliphatic imine (C=N–C) groups is 1. The number of nitrogens with zero attached hydrogens (tertiary/aromatic N) is 1. The zero-order valence-corrected chi connectivity index (χ0v) is 13.8. The van der Waals surface area contributed by atoms with E-state index in [9.17, 15) is 4.39 Å². The second-order valence-corrected chi connectivity index (χ2v) is 5.09. The third-order valence-electron chi connectivity index (χ3n) is 2.42. The van der Waals surface area contributed by atoms with Crippen LogP contribution < -0.4 is 11.5 Å². The molecule has 0 unspecified atom stereocenters. The normalized spacial score (nSPS) is 9.65. The van der Waals surface area contributed by atoms with E-state index in [4.69, 9.17) is 11.5 Å². The van der Waals surface area contributed by atoms with Gasteiger partial charge in [-0.3, -0.25) is 0 Å². The highest BCUT2D eigenvalue weighted by Crippen LogP contribution is 2.27. The highest BCUT2D eigenvalue weighted by atomic mass is 127. The van der Waals surface area contributed by atoms with Gasteiger partial charge in [-0.15, -0.1) is 24.0 Å². The van der Waals surface area contributed by atoms with Gasteiger partial charge in [-0.1, -0.05) is 23.9 Å². The first-order chi connectivity index (χ1) is 9.13. The molecule has 4 N–H and O–H groups in total. The van der Waals surface area contributed by atoms with Crippen LogP contribution in [0.2, 0.25) is 0 Å². The van der Waals surface area contributed by atoms with E-state index >= 15 is 0 Å². The molecular weight excluding hydrogens is 388 g/mol. The van der Waals surface area contributed by atoms with Gasteiger partial charge in [0.25, 0.3) is 0 Å². The van der Waals surface area contributed by atoms with E-state index < -0.39 is 0 Å². The van der Waals surface area contributed by atoms with Crippen molar-refractivity contribution in [3.8, 4) is 0 Å². The van der Waals surface area contributed by atoms with Crippen LogP contribution in [-0.2, 0) is 6.54 Å². The highest BCUT2D eigenvalue weighted by molar-refractivity contribution is 14.0. The lowest BCUT2D eigenvalue weighted by molar-refractivity contribution is 0.626. The van der Waals surface area contributed by atoms with Gasteiger partial charge in [0.15, 0.2) is 5.96 Å². The van der Waals surface area contributed by atoms with Crippen molar-refractivity contribution < 1.29 is 4.39 Å². The molecule has 0 amide bonds. The molecule has 0 aliphatic rings. The Labute approximate surface area is 138 Å². The van der Waals surface area contributed by atoms with Gasteiger partial charge in [0.2, 0.25) is 0 Å². The van der Waals surface area contributed by atoms with E-state index in [1.54, 1.807) is 23.9 Å². The Bertz CT molecular complexity index is 566. The Morgan fingerprint density at radius 2 is 1.45 bits per heavy atom. The van der Waals surface area contributed by atoms with Crippen molar-refractivity contribution >= 4 is 41.7 Å². The van der Waals surface area contributed by atoms with Crippen molar-refractivity contribution in [3.63, 3.8) is 0 Å². The van der Waals surface area contributed by atoms with Crippen molar-refractivity contribution in [2.75, 3.05) is 0 Å². The van der Waals surface area contributed by atoms with E-state index in [2.05, 4.69) is 4.99 Å². The molecule has 106 valence electrons. The number of nitrogens with two attached hydrogens (primary N) is 2. The first-order valence-corrected chi connectivity index (χ1v) is 6.53. The number of hydrogen-bond acceptors (Lipinski definition) is 2. The van der Waals surface area contributed by atoms with Crippen LogP contribution in [-0.4, -0.2) is 5.96 Å². The van der Waals surface area contributed by atoms with Gasteiger partial charge < -0.3 is 11.5 Å². The number of guanidine groups is 1. The van der Waals surface area contributed by atoms with Gasteiger partial charge in [-0.05, 0) is 42.0 Å². The molecule has 2 aromatic carbocycles. The molecule has 0 aliphatic heterocycles. The standard InChI is InChI=1S/C14H14FN3S.HI/c15-11-3-7-13(8-4-11)19-12-5-1-10(2-6-12)9-18-14(16)17;/h1-8H,9H2,(H4,16,17,18);1H. The summed E-state index contributed by atoms with van der Waals surface area (Å²) in [6.07, 6.45) is 0. The molecule has 0 saturated heterocycles. The summed E-state index contributed by atoms with van der Waals surface area (Å²) < 4.78 is 12.8. The monoisotopic (exact) mass is 403 g/mol. The van der Waals surface area contributed by atoms with Gasteiger partial charge in [0, 0.05) is 9.79 Å².